The zero-order valence-corrected chi connectivity index (χ0v) is 13.6. The van der Waals surface area contributed by atoms with E-state index in [1.807, 2.05) is 0 Å². The van der Waals surface area contributed by atoms with E-state index in [1.165, 1.54) is 13.8 Å². The van der Waals surface area contributed by atoms with Crippen molar-refractivity contribution in [1.29, 1.82) is 0 Å². The standard InChI is InChI=1S/C14H22O8/c1-8(12(17)19-7-11(16)21-10(3)15)20-13(18)9(2)22-14(4,5)6/h8-9H,7H2,1-6H3. The Labute approximate surface area is 129 Å². The van der Waals surface area contributed by atoms with Crippen LogP contribution in [0.4, 0.5) is 0 Å². The Morgan fingerprint density at radius 3 is 1.95 bits per heavy atom. The third-order valence-corrected chi connectivity index (χ3v) is 2.08. The molecule has 0 heterocycles. The normalized spacial score (nSPS) is 13.7. The Kier molecular flexibility index (Phi) is 7.72. The van der Waals surface area contributed by atoms with E-state index in [0.29, 0.717) is 0 Å². The zero-order valence-electron chi connectivity index (χ0n) is 13.6. The van der Waals surface area contributed by atoms with Crippen LogP contribution in [0, 0.1) is 0 Å². The van der Waals surface area contributed by atoms with E-state index in [9.17, 15) is 19.2 Å². The smallest absolute Gasteiger partial charge is 0.351 e. The van der Waals surface area contributed by atoms with Gasteiger partial charge >= 0.3 is 23.9 Å². The lowest BCUT2D eigenvalue weighted by molar-refractivity contribution is -0.180. The Bertz CT molecular complexity index is 435. The second kappa shape index (κ2) is 8.47. The number of carbonyl (C=O) groups excluding carboxylic acids is 4. The third kappa shape index (κ3) is 9.06. The highest BCUT2D eigenvalue weighted by Crippen LogP contribution is 2.12. The molecule has 22 heavy (non-hydrogen) atoms. The van der Waals surface area contributed by atoms with Gasteiger partial charge in [0.1, 0.15) is 0 Å². The minimum Gasteiger partial charge on any atom is -0.451 e. The molecule has 0 saturated heterocycles. The van der Waals surface area contributed by atoms with Gasteiger partial charge in [-0.25, -0.2) is 14.4 Å². The van der Waals surface area contributed by atoms with Gasteiger partial charge in [-0.1, -0.05) is 0 Å². The molecule has 0 aromatic heterocycles. The van der Waals surface area contributed by atoms with Gasteiger partial charge in [-0.05, 0) is 34.6 Å². The summed E-state index contributed by atoms with van der Waals surface area (Å²) in [5, 5.41) is 0. The molecule has 0 aromatic carbocycles. The van der Waals surface area contributed by atoms with Crippen molar-refractivity contribution in [3.63, 3.8) is 0 Å². The molecule has 126 valence electrons. The summed E-state index contributed by atoms with van der Waals surface area (Å²) in [5.41, 5.74) is -0.543. The van der Waals surface area contributed by atoms with Crippen molar-refractivity contribution >= 4 is 23.9 Å². The number of hydrogen-bond acceptors (Lipinski definition) is 8. The molecular formula is C14H22O8. The van der Waals surface area contributed by atoms with Crippen LogP contribution >= 0.6 is 0 Å². The second-order valence-corrected chi connectivity index (χ2v) is 5.52. The molecule has 2 atom stereocenters. The van der Waals surface area contributed by atoms with Crippen LogP contribution in [0.3, 0.4) is 0 Å². The van der Waals surface area contributed by atoms with Crippen LogP contribution < -0.4 is 0 Å². The van der Waals surface area contributed by atoms with Crippen LogP contribution in [0.25, 0.3) is 0 Å². The van der Waals surface area contributed by atoms with E-state index in [0.717, 1.165) is 6.92 Å². The lowest BCUT2D eigenvalue weighted by Crippen LogP contribution is -2.36. The van der Waals surface area contributed by atoms with Gasteiger partial charge in [0.2, 0.25) is 0 Å². The van der Waals surface area contributed by atoms with Crippen molar-refractivity contribution in [2.75, 3.05) is 6.61 Å². The fraction of sp³-hybridized carbons (Fsp3) is 0.714. The summed E-state index contributed by atoms with van der Waals surface area (Å²) in [7, 11) is 0. The fourth-order valence-electron chi connectivity index (χ4n) is 1.33. The molecule has 8 heteroatoms. The van der Waals surface area contributed by atoms with Crippen LogP contribution in [0.1, 0.15) is 41.5 Å². The summed E-state index contributed by atoms with van der Waals surface area (Å²) in [4.78, 5) is 44.8. The van der Waals surface area contributed by atoms with Gasteiger partial charge in [0.25, 0.3) is 0 Å². The lowest BCUT2D eigenvalue weighted by atomic mass is 10.2. The van der Waals surface area contributed by atoms with Gasteiger partial charge in [0.05, 0.1) is 5.60 Å². The molecule has 0 aliphatic carbocycles. The monoisotopic (exact) mass is 318 g/mol. The molecule has 0 radical (unpaired) electrons. The molecule has 2 unspecified atom stereocenters. The quantitative estimate of drug-likeness (QED) is 0.401. The molecule has 0 saturated carbocycles. The van der Waals surface area contributed by atoms with E-state index in [-0.39, 0.29) is 0 Å². The van der Waals surface area contributed by atoms with E-state index in [2.05, 4.69) is 9.47 Å². The summed E-state index contributed by atoms with van der Waals surface area (Å²) in [6, 6.07) is 0. The van der Waals surface area contributed by atoms with Gasteiger partial charge in [-0.2, -0.15) is 0 Å². The Morgan fingerprint density at radius 1 is 0.955 bits per heavy atom. The largest absolute Gasteiger partial charge is 0.451 e. The first kappa shape index (κ1) is 20.0. The van der Waals surface area contributed by atoms with Gasteiger partial charge < -0.3 is 18.9 Å². The lowest BCUT2D eigenvalue weighted by Gasteiger charge is -2.24. The maximum atomic E-state index is 11.7. The predicted octanol–water partition coefficient (Wildman–Crippen LogP) is 0.755. The van der Waals surface area contributed by atoms with Gasteiger partial charge in [0.15, 0.2) is 18.8 Å². The predicted molar refractivity (Wildman–Crippen MR) is 73.6 cm³/mol. The first-order valence-corrected chi connectivity index (χ1v) is 6.68. The molecule has 0 aliphatic heterocycles. The maximum absolute atomic E-state index is 11.7. The molecule has 0 aliphatic rings. The van der Waals surface area contributed by atoms with Crippen molar-refractivity contribution in [3.8, 4) is 0 Å². The van der Waals surface area contributed by atoms with Crippen molar-refractivity contribution < 1.29 is 38.1 Å². The SMILES string of the molecule is CC(=O)OC(=O)COC(=O)C(C)OC(=O)C(C)OC(C)(C)C. The number of ether oxygens (including phenoxy) is 4. The minimum absolute atomic E-state index is 0.543. The number of rotatable bonds is 6. The summed E-state index contributed by atoms with van der Waals surface area (Å²) >= 11 is 0. The average molecular weight is 318 g/mol. The molecule has 0 aromatic rings. The molecular weight excluding hydrogens is 296 g/mol. The summed E-state index contributed by atoms with van der Waals surface area (Å²) in [6.45, 7) is 8.41. The summed E-state index contributed by atoms with van der Waals surface area (Å²) in [5.74, 6) is -3.49. The number of hydrogen-bond donors (Lipinski definition) is 0. The van der Waals surface area contributed by atoms with E-state index < -0.39 is 48.3 Å². The second-order valence-electron chi connectivity index (χ2n) is 5.52. The first-order chi connectivity index (χ1) is 9.92. The molecule has 0 bridgehead atoms. The van der Waals surface area contributed by atoms with E-state index >= 15 is 0 Å². The Hall–Kier alpha value is -1.96. The van der Waals surface area contributed by atoms with Crippen molar-refractivity contribution in [2.45, 2.75) is 59.4 Å². The topological polar surface area (TPSA) is 105 Å². The minimum atomic E-state index is -1.22. The van der Waals surface area contributed by atoms with Crippen LogP contribution in [0.2, 0.25) is 0 Å². The summed E-state index contributed by atoms with van der Waals surface area (Å²) < 4.78 is 19.0. The highest BCUT2D eigenvalue weighted by Gasteiger charge is 2.27. The van der Waals surface area contributed by atoms with Gasteiger partial charge in [-0.3, -0.25) is 4.79 Å². The molecule has 8 nitrogen and oxygen atoms in total. The Balaban J connectivity index is 4.27. The molecule has 0 spiro atoms. The van der Waals surface area contributed by atoms with Gasteiger partial charge in [-0.15, -0.1) is 0 Å². The van der Waals surface area contributed by atoms with Crippen LogP contribution in [-0.4, -0.2) is 48.3 Å². The first-order valence-electron chi connectivity index (χ1n) is 6.68. The van der Waals surface area contributed by atoms with Crippen LogP contribution in [-0.2, 0) is 38.1 Å². The summed E-state index contributed by atoms with van der Waals surface area (Å²) in [6.07, 6.45) is -2.08. The van der Waals surface area contributed by atoms with Crippen molar-refractivity contribution in [2.24, 2.45) is 0 Å². The molecule has 0 fully saturated rings. The Morgan fingerprint density at radius 2 is 1.50 bits per heavy atom. The molecule has 0 N–H and O–H groups in total. The number of esters is 4. The molecule has 0 amide bonds. The highest BCUT2D eigenvalue weighted by molar-refractivity contribution is 5.87. The van der Waals surface area contributed by atoms with Crippen LogP contribution in [0.5, 0.6) is 0 Å². The van der Waals surface area contributed by atoms with E-state index in [1.54, 1.807) is 20.8 Å². The maximum Gasteiger partial charge on any atom is 0.351 e. The number of carbonyl (C=O) groups is 4. The highest BCUT2D eigenvalue weighted by atomic mass is 16.6. The van der Waals surface area contributed by atoms with E-state index in [4.69, 9.17) is 9.47 Å². The average Bonchev–Trinajstić information content (AvgIpc) is 2.32. The van der Waals surface area contributed by atoms with Crippen molar-refractivity contribution in [1.82, 2.24) is 0 Å². The van der Waals surface area contributed by atoms with Crippen LogP contribution in [0.15, 0.2) is 0 Å². The zero-order chi connectivity index (χ0) is 17.5. The van der Waals surface area contributed by atoms with Gasteiger partial charge in [0, 0.05) is 6.92 Å². The third-order valence-electron chi connectivity index (χ3n) is 2.08. The fourth-order valence-corrected chi connectivity index (χ4v) is 1.33. The molecule has 0 rings (SSSR count). The van der Waals surface area contributed by atoms with Crippen molar-refractivity contribution in [3.05, 3.63) is 0 Å².